The summed E-state index contributed by atoms with van der Waals surface area (Å²) in [6.45, 7) is 0.670. The lowest BCUT2D eigenvalue weighted by Crippen LogP contribution is -2.50. The van der Waals surface area contributed by atoms with Crippen LogP contribution >= 0.6 is 23.2 Å². The molecule has 0 unspecified atom stereocenters. The Hall–Kier alpha value is -2.33. The largest absolute Gasteiger partial charge is 0.495 e. The van der Waals surface area contributed by atoms with Crippen LogP contribution in [0, 0.1) is 5.41 Å². The number of benzene rings is 2. The summed E-state index contributed by atoms with van der Waals surface area (Å²) in [5.74, 6) is -0.232. The van der Waals surface area contributed by atoms with Crippen LogP contribution in [0.2, 0.25) is 10.0 Å². The van der Waals surface area contributed by atoms with Gasteiger partial charge in [0.25, 0.3) is 5.91 Å². The minimum absolute atomic E-state index is 0.0246. The first kappa shape index (κ1) is 22.4. The summed E-state index contributed by atoms with van der Waals surface area (Å²) in [6.07, 6.45) is 0. The van der Waals surface area contributed by atoms with Crippen LogP contribution in [0.25, 0.3) is 0 Å². The van der Waals surface area contributed by atoms with Gasteiger partial charge in [0.05, 0.1) is 12.1 Å². The zero-order valence-corrected chi connectivity index (χ0v) is 18.4. The fraction of sp³-hybridized carbons (Fsp3) is 0.263. The van der Waals surface area contributed by atoms with Gasteiger partial charge in [-0.15, -0.1) is 0 Å². The third kappa shape index (κ3) is 4.39. The van der Waals surface area contributed by atoms with E-state index >= 15 is 0 Å². The van der Waals surface area contributed by atoms with Crippen molar-refractivity contribution in [3.63, 3.8) is 0 Å². The molecule has 1 saturated heterocycles. The molecule has 3 N–H and O–H groups in total. The maximum Gasteiger partial charge on any atom is 0.253 e. The van der Waals surface area contributed by atoms with Gasteiger partial charge >= 0.3 is 0 Å². The molecule has 11 heteroatoms. The lowest BCUT2D eigenvalue weighted by atomic mass is 10.1. The topological polar surface area (TPSA) is 117 Å². The third-order valence-corrected chi connectivity index (χ3v) is 7.37. The monoisotopic (exact) mass is 470 g/mol. The van der Waals surface area contributed by atoms with Crippen molar-refractivity contribution in [2.75, 3.05) is 33.3 Å². The van der Waals surface area contributed by atoms with E-state index in [1.807, 2.05) is 0 Å². The molecule has 0 bridgehead atoms. The van der Waals surface area contributed by atoms with E-state index in [0.717, 1.165) is 0 Å². The van der Waals surface area contributed by atoms with Crippen LogP contribution in [-0.4, -0.2) is 62.7 Å². The number of sulfonamides is 1. The van der Waals surface area contributed by atoms with Crippen molar-refractivity contribution >= 4 is 45.0 Å². The number of amides is 1. The number of hydrogen-bond donors (Lipinski definition) is 2. The van der Waals surface area contributed by atoms with Crippen molar-refractivity contribution in [3.8, 4) is 5.75 Å². The number of hydrogen-bond acceptors (Lipinski definition) is 5. The van der Waals surface area contributed by atoms with Crippen LogP contribution in [0.3, 0.4) is 0 Å². The highest BCUT2D eigenvalue weighted by Gasteiger charge is 2.34. The third-order valence-electron chi connectivity index (χ3n) is 4.76. The number of carbonyl (C=O) groups excluding carboxylic acids is 1. The van der Waals surface area contributed by atoms with Gasteiger partial charge in [-0.25, -0.2) is 8.42 Å². The number of carbonyl (C=O) groups is 1. The summed E-state index contributed by atoms with van der Waals surface area (Å²) >= 11 is 12.1. The highest BCUT2D eigenvalue weighted by molar-refractivity contribution is 7.89. The number of ether oxygens (including phenoxy) is 1. The molecule has 1 aliphatic rings. The SMILES string of the molecule is COc1cc(Cl)cc(Cl)c1S(=O)(=O)N1CCN(C(=O)c2ccc(C(=N)N)cc2)CC1. The lowest BCUT2D eigenvalue weighted by Gasteiger charge is -2.34. The Bertz CT molecular complexity index is 1080. The number of nitrogens with two attached hydrogens (primary N) is 1. The molecule has 0 radical (unpaired) electrons. The van der Waals surface area contributed by atoms with Crippen molar-refractivity contribution in [1.82, 2.24) is 9.21 Å². The fourth-order valence-corrected chi connectivity index (χ4v) is 5.55. The van der Waals surface area contributed by atoms with Gasteiger partial charge < -0.3 is 15.4 Å². The maximum atomic E-state index is 13.1. The molecule has 1 heterocycles. The molecule has 1 aliphatic heterocycles. The second kappa shape index (κ2) is 8.81. The second-order valence-corrected chi connectivity index (χ2v) is 9.32. The van der Waals surface area contributed by atoms with Gasteiger partial charge in [0, 0.05) is 48.4 Å². The number of nitrogens with one attached hydrogen (secondary N) is 1. The van der Waals surface area contributed by atoms with Crippen LogP contribution in [0.1, 0.15) is 15.9 Å². The minimum atomic E-state index is -3.94. The van der Waals surface area contributed by atoms with Crippen LogP contribution in [0.5, 0.6) is 5.75 Å². The quantitative estimate of drug-likeness (QED) is 0.513. The molecule has 8 nitrogen and oxygen atoms in total. The van der Waals surface area contributed by atoms with Crippen LogP contribution in [0.4, 0.5) is 0 Å². The average molecular weight is 471 g/mol. The molecule has 3 rings (SSSR count). The van der Waals surface area contributed by atoms with E-state index in [-0.39, 0.29) is 58.6 Å². The molecular weight excluding hydrogens is 451 g/mol. The Balaban J connectivity index is 1.75. The summed E-state index contributed by atoms with van der Waals surface area (Å²) in [7, 11) is -2.60. The van der Waals surface area contributed by atoms with Crippen LogP contribution in [-0.2, 0) is 10.0 Å². The van der Waals surface area contributed by atoms with Gasteiger partial charge in [0.1, 0.15) is 16.5 Å². The van der Waals surface area contributed by atoms with Gasteiger partial charge in [-0.2, -0.15) is 4.31 Å². The molecule has 0 saturated carbocycles. The number of halogens is 2. The molecule has 30 heavy (non-hydrogen) atoms. The summed E-state index contributed by atoms with van der Waals surface area (Å²) in [5.41, 5.74) is 6.39. The van der Waals surface area contributed by atoms with Gasteiger partial charge in [-0.1, -0.05) is 35.3 Å². The normalized spacial score (nSPS) is 15.1. The van der Waals surface area contributed by atoms with E-state index in [1.54, 1.807) is 29.2 Å². The van der Waals surface area contributed by atoms with Crippen molar-refractivity contribution < 1.29 is 17.9 Å². The number of nitrogens with zero attached hydrogens (tertiary/aromatic N) is 2. The van der Waals surface area contributed by atoms with Crippen molar-refractivity contribution in [1.29, 1.82) is 5.41 Å². The molecule has 1 amide bonds. The van der Waals surface area contributed by atoms with Gasteiger partial charge in [0.15, 0.2) is 0 Å². The summed E-state index contributed by atoms with van der Waals surface area (Å²) in [5, 5.41) is 7.65. The molecule has 0 aliphatic carbocycles. The van der Waals surface area contributed by atoms with Gasteiger partial charge in [-0.3, -0.25) is 10.2 Å². The molecule has 0 aromatic heterocycles. The number of nitrogen functional groups attached to an aromatic ring is 1. The Morgan fingerprint density at radius 1 is 1.07 bits per heavy atom. The molecular formula is C19H20Cl2N4O4S. The van der Waals surface area contributed by atoms with E-state index < -0.39 is 10.0 Å². The van der Waals surface area contributed by atoms with Gasteiger partial charge in [-0.05, 0) is 18.2 Å². The van der Waals surface area contributed by atoms with E-state index in [2.05, 4.69) is 0 Å². The molecule has 160 valence electrons. The van der Waals surface area contributed by atoms with E-state index in [0.29, 0.717) is 11.1 Å². The maximum absolute atomic E-state index is 13.1. The van der Waals surface area contributed by atoms with E-state index in [9.17, 15) is 13.2 Å². The second-order valence-electron chi connectivity index (χ2n) is 6.61. The standard InChI is InChI=1S/C19H20Cl2N4O4S/c1-29-16-11-14(20)10-15(21)17(16)30(27,28)25-8-6-24(7-9-25)19(26)13-4-2-12(3-5-13)18(22)23/h2-5,10-11H,6-9H2,1H3,(H3,22,23). The molecule has 1 fully saturated rings. The van der Waals surface area contributed by atoms with Crippen LogP contribution in [0.15, 0.2) is 41.3 Å². The first-order valence-corrected chi connectivity index (χ1v) is 11.1. The first-order valence-electron chi connectivity index (χ1n) is 8.92. The fourth-order valence-electron chi connectivity index (χ4n) is 3.17. The van der Waals surface area contributed by atoms with Crippen molar-refractivity contribution in [2.45, 2.75) is 4.90 Å². The Morgan fingerprint density at radius 3 is 2.17 bits per heavy atom. The zero-order valence-electron chi connectivity index (χ0n) is 16.1. The average Bonchev–Trinajstić information content (AvgIpc) is 2.72. The number of amidine groups is 1. The highest BCUT2D eigenvalue weighted by atomic mass is 35.5. The molecule has 2 aromatic carbocycles. The van der Waals surface area contributed by atoms with Crippen molar-refractivity contribution in [3.05, 3.63) is 57.6 Å². The molecule has 0 spiro atoms. The molecule has 0 atom stereocenters. The Labute approximate surface area is 184 Å². The predicted octanol–water partition coefficient (Wildman–Crippen LogP) is 2.43. The summed E-state index contributed by atoms with van der Waals surface area (Å²) in [6, 6.07) is 9.14. The summed E-state index contributed by atoms with van der Waals surface area (Å²) in [4.78, 5) is 14.2. The molecule has 2 aromatic rings. The van der Waals surface area contributed by atoms with Crippen LogP contribution < -0.4 is 10.5 Å². The predicted molar refractivity (Wildman–Crippen MR) is 115 cm³/mol. The number of rotatable bonds is 5. The van der Waals surface area contributed by atoms with Crippen molar-refractivity contribution in [2.24, 2.45) is 5.73 Å². The first-order chi connectivity index (χ1) is 14.1. The van der Waals surface area contributed by atoms with E-state index in [1.165, 1.54) is 23.5 Å². The Kier molecular flexibility index (Phi) is 6.56. The Morgan fingerprint density at radius 2 is 1.63 bits per heavy atom. The highest BCUT2D eigenvalue weighted by Crippen LogP contribution is 2.36. The minimum Gasteiger partial charge on any atom is -0.495 e. The smallest absolute Gasteiger partial charge is 0.253 e. The van der Waals surface area contributed by atoms with Gasteiger partial charge in [0.2, 0.25) is 10.0 Å². The number of piperazine rings is 1. The van der Waals surface area contributed by atoms with E-state index in [4.69, 9.17) is 39.1 Å². The summed E-state index contributed by atoms with van der Waals surface area (Å²) < 4.78 is 32.7. The lowest BCUT2D eigenvalue weighted by molar-refractivity contribution is 0.0698. The zero-order chi connectivity index (χ0) is 22.1. The number of methoxy groups -OCH3 is 1.